The van der Waals surface area contributed by atoms with Gasteiger partial charge in [-0.2, -0.15) is 8.78 Å². The molecule has 1 aromatic heterocycles. The normalized spacial score (nSPS) is 11.5. The highest BCUT2D eigenvalue weighted by atomic mass is 32.2. The second kappa shape index (κ2) is 8.84. The quantitative estimate of drug-likeness (QED) is 0.505. The van der Waals surface area contributed by atoms with Gasteiger partial charge >= 0.3 is 0 Å². The maximum Gasteiger partial charge on any atom is 0.288 e. The first-order chi connectivity index (χ1) is 14.1. The first-order valence-corrected chi connectivity index (χ1v) is 10.9. The number of nitrogens with zero attached hydrogens (tertiary/aromatic N) is 1. The van der Waals surface area contributed by atoms with E-state index in [9.17, 15) is 22.0 Å². The number of hydrogen-bond acceptors (Lipinski definition) is 6. The second-order valence-corrected chi connectivity index (χ2v) is 8.98. The molecule has 3 rings (SSSR count). The fraction of sp³-hybridized carbons (Fsp3) is 0.158. The van der Waals surface area contributed by atoms with Crippen LogP contribution in [-0.4, -0.2) is 25.2 Å². The summed E-state index contributed by atoms with van der Waals surface area (Å²) in [5.41, 5.74) is 1.01. The molecule has 0 unspecified atom stereocenters. The summed E-state index contributed by atoms with van der Waals surface area (Å²) in [5, 5.41) is 6.19. The molecule has 158 valence electrons. The molecule has 1 heterocycles. The minimum absolute atomic E-state index is 0.0392. The van der Waals surface area contributed by atoms with E-state index in [1.54, 1.807) is 26.0 Å². The molecular weight excluding hydrogens is 436 g/mol. The van der Waals surface area contributed by atoms with Crippen LogP contribution in [0.3, 0.4) is 0 Å². The molecule has 0 atom stereocenters. The number of rotatable bonds is 7. The molecule has 0 saturated heterocycles. The van der Waals surface area contributed by atoms with Crippen LogP contribution in [0, 0.1) is 13.8 Å². The summed E-state index contributed by atoms with van der Waals surface area (Å²) < 4.78 is 57.7. The van der Waals surface area contributed by atoms with E-state index >= 15 is 0 Å². The molecule has 30 heavy (non-hydrogen) atoms. The molecule has 1 amide bonds. The van der Waals surface area contributed by atoms with Crippen LogP contribution in [0.25, 0.3) is 0 Å². The largest absolute Gasteiger partial charge is 0.361 e. The van der Waals surface area contributed by atoms with Crippen molar-refractivity contribution in [3.8, 4) is 0 Å². The highest BCUT2D eigenvalue weighted by Crippen LogP contribution is 2.28. The van der Waals surface area contributed by atoms with E-state index in [0.29, 0.717) is 28.0 Å². The zero-order valence-corrected chi connectivity index (χ0v) is 17.5. The summed E-state index contributed by atoms with van der Waals surface area (Å²) in [6.45, 7) is 3.26. The number of amides is 1. The van der Waals surface area contributed by atoms with E-state index in [1.807, 2.05) is 0 Å². The molecule has 0 aliphatic carbocycles. The van der Waals surface area contributed by atoms with Gasteiger partial charge in [-0.05, 0) is 55.8 Å². The van der Waals surface area contributed by atoms with Gasteiger partial charge in [-0.1, -0.05) is 23.0 Å². The Balaban J connectivity index is 1.79. The lowest BCUT2D eigenvalue weighted by Crippen LogP contribution is -2.16. The molecule has 7 nitrogen and oxygen atoms in total. The standard InChI is InChI=1S/C19H17F2N3O4S2/c1-11-3-4-14(22-18(25)16-9-12(2)28-23-16)10-17(11)30(26,27)24-13-5-7-15(8-6-13)29-19(20)21/h3-10,19,24H,1-2H3,(H,22,25). The van der Waals surface area contributed by atoms with Crippen molar-refractivity contribution in [1.29, 1.82) is 0 Å². The Labute approximate surface area is 175 Å². The van der Waals surface area contributed by atoms with Crippen LogP contribution in [0.1, 0.15) is 21.8 Å². The number of alkyl halides is 2. The third-order valence-corrected chi connectivity index (χ3v) is 6.17. The number of carbonyl (C=O) groups excluding carboxylic acids is 1. The average Bonchev–Trinajstić information content (AvgIpc) is 3.11. The molecule has 0 aliphatic rings. The molecule has 2 N–H and O–H groups in total. The van der Waals surface area contributed by atoms with Crippen LogP contribution in [-0.2, 0) is 10.0 Å². The number of nitrogens with one attached hydrogen (secondary N) is 2. The number of aryl methyl sites for hydroxylation is 2. The minimum Gasteiger partial charge on any atom is -0.361 e. The molecule has 0 radical (unpaired) electrons. The predicted octanol–water partition coefficient (Wildman–Crippen LogP) is 4.66. The van der Waals surface area contributed by atoms with Gasteiger partial charge in [0, 0.05) is 22.3 Å². The van der Waals surface area contributed by atoms with Crippen molar-refractivity contribution in [3.63, 3.8) is 0 Å². The zero-order valence-electron chi connectivity index (χ0n) is 15.8. The number of halogens is 2. The summed E-state index contributed by atoms with van der Waals surface area (Å²) in [5.74, 6) is -2.64. The van der Waals surface area contributed by atoms with Gasteiger partial charge in [0.15, 0.2) is 5.69 Å². The maximum absolute atomic E-state index is 12.8. The minimum atomic E-state index is -3.99. The molecule has 0 fully saturated rings. The molecule has 2 aromatic carbocycles. The van der Waals surface area contributed by atoms with Crippen molar-refractivity contribution in [2.45, 2.75) is 29.4 Å². The van der Waals surface area contributed by atoms with Gasteiger partial charge in [0.05, 0.1) is 4.90 Å². The number of carbonyl (C=O) groups is 1. The van der Waals surface area contributed by atoms with Crippen molar-refractivity contribution in [1.82, 2.24) is 5.16 Å². The highest BCUT2D eigenvalue weighted by molar-refractivity contribution is 7.99. The van der Waals surface area contributed by atoms with Gasteiger partial charge in [-0.15, -0.1) is 0 Å². The maximum atomic E-state index is 12.8. The van der Waals surface area contributed by atoms with Crippen LogP contribution in [0.5, 0.6) is 0 Å². The SMILES string of the molecule is Cc1cc(C(=O)Nc2ccc(C)c(S(=O)(=O)Nc3ccc(SC(F)F)cc3)c2)no1. The summed E-state index contributed by atoms with van der Waals surface area (Å²) in [7, 11) is -3.99. The van der Waals surface area contributed by atoms with E-state index in [1.165, 1.54) is 36.4 Å². The summed E-state index contributed by atoms with van der Waals surface area (Å²) >= 11 is 0.369. The Morgan fingerprint density at radius 1 is 1.07 bits per heavy atom. The van der Waals surface area contributed by atoms with Crippen molar-refractivity contribution in [2.75, 3.05) is 10.0 Å². The lowest BCUT2D eigenvalue weighted by Gasteiger charge is -2.13. The first kappa shape index (κ1) is 21.8. The van der Waals surface area contributed by atoms with Crippen molar-refractivity contribution in [2.24, 2.45) is 0 Å². The van der Waals surface area contributed by atoms with Gasteiger partial charge in [0.25, 0.3) is 21.7 Å². The van der Waals surface area contributed by atoms with E-state index in [0.717, 1.165) is 0 Å². The molecule has 0 spiro atoms. The molecule has 0 bridgehead atoms. The number of anilines is 2. The van der Waals surface area contributed by atoms with Gasteiger partial charge in [0.2, 0.25) is 0 Å². The van der Waals surface area contributed by atoms with Crippen molar-refractivity contribution >= 4 is 39.1 Å². The summed E-state index contributed by atoms with van der Waals surface area (Å²) in [4.78, 5) is 12.5. The van der Waals surface area contributed by atoms with Crippen LogP contribution >= 0.6 is 11.8 Å². The van der Waals surface area contributed by atoms with Crippen LogP contribution < -0.4 is 10.0 Å². The van der Waals surface area contributed by atoms with Crippen molar-refractivity contribution in [3.05, 3.63) is 65.5 Å². The van der Waals surface area contributed by atoms with E-state index in [-0.39, 0.29) is 22.0 Å². The van der Waals surface area contributed by atoms with E-state index in [4.69, 9.17) is 4.52 Å². The Morgan fingerprint density at radius 3 is 2.33 bits per heavy atom. The molecule has 3 aromatic rings. The van der Waals surface area contributed by atoms with Crippen LogP contribution in [0.2, 0.25) is 0 Å². The number of aromatic nitrogens is 1. The zero-order chi connectivity index (χ0) is 21.9. The lowest BCUT2D eigenvalue weighted by atomic mass is 10.2. The first-order valence-electron chi connectivity index (χ1n) is 8.57. The molecule has 11 heteroatoms. The predicted molar refractivity (Wildman–Crippen MR) is 109 cm³/mol. The number of hydrogen-bond donors (Lipinski definition) is 2. The monoisotopic (exact) mass is 453 g/mol. The summed E-state index contributed by atoms with van der Waals surface area (Å²) in [6.07, 6.45) is 0. The highest BCUT2D eigenvalue weighted by Gasteiger charge is 2.19. The number of thioether (sulfide) groups is 1. The number of benzene rings is 2. The number of sulfonamides is 1. The average molecular weight is 453 g/mol. The second-order valence-electron chi connectivity index (χ2n) is 6.27. The van der Waals surface area contributed by atoms with Gasteiger partial charge < -0.3 is 9.84 Å². The topological polar surface area (TPSA) is 101 Å². The summed E-state index contributed by atoms with van der Waals surface area (Å²) in [6, 6.07) is 11.5. The Hall–Kier alpha value is -2.92. The van der Waals surface area contributed by atoms with Gasteiger partial charge in [-0.25, -0.2) is 8.42 Å². The van der Waals surface area contributed by atoms with Gasteiger partial charge in [-0.3, -0.25) is 9.52 Å². The lowest BCUT2D eigenvalue weighted by molar-refractivity contribution is 0.101. The molecule has 0 aliphatic heterocycles. The molecule has 0 saturated carbocycles. The van der Waals surface area contributed by atoms with Gasteiger partial charge in [0.1, 0.15) is 5.76 Å². The van der Waals surface area contributed by atoms with Crippen molar-refractivity contribution < 1.29 is 26.5 Å². The molecular formula is C19H17F2N3O4S2. The van der Waals surface area contributed by atoms with Crippen LogP contribution in [0.15, 0.2) is 62.8 Å². The fourth-order valence-electron chi connectivity index (χ4n) is 2.55. The third kappa shape index (κ3) is 5.36. The van der Waals surface area contributed by atoms with E-state index in [2.05, 4.69) is 15.2 Å². The third-order valence-electron chi connectivity index (χ3n) is 3.93. The Kier molecular flexibility index (Phi) is 6.42. The van der Waals surface area contributed by atoms with E-state index < -0.39 is 21.7 Å². The van der Waals surface area contributed by atoms with Crippen LogP contribution in [0.4, 0.5) is 20.2 Å². The smallest absolute Gasteiger partial charge is 0.288 e. The Bertz CT molecular complexity index is 1160. The fourth-order valence-corrected chi connectivity index (χ4v) is 4.38. The Morgan fingerprint density at radius 2 is 1.73 bits per heavy atom.